The first-order chi connectivity index (χ1) is 13.7. The molecule has 5 rings (SSSR count). The molecule has 3 aromatic carbocycles. The van der Waals surface area contributed by atoms with Gasteiger partial charge in [-0.3, -0.25) is 5.10 Å². The van der Waals surface area contributed by atoms with Crippen LogP contribution in [0.2, 0.25) is 0 Å². The summed E-state index contributed by atoms with van der Waals surface area (Å²) in [5.74, 6) is 1.15. The molecule has 0 radical (unpaired) electrons. The smallest absolute Gasteiger partial charge is 0.161 e. The standard InChI is InChI=1S/C21H14FN5O/c22-15-6-1-12(2-7-15)19-17-11-14(5-10-18(17)24-25-19)21-23-20(26-27-21)13-3-8-16(28)9-4-13/h1-11,28H,(H,24,25)(H,23,26,27). The number of halogens is 1. The van der Waals surface area contributed by atoms with Gasteiger partial charge in [-0.05, 0) is 66.7 Å². The van der Waals surface area contributed by atoms with E-state index in [0.29, 0.717) is 11.6 Å². The van der Waals surface area contributed by atoms with Gasteiger partial charge in [-0.2, -0.15) is 5.10 Å². The minimum atomic E-state index is -0.285. The van der Waals surface area contributed by atoms with Crippen molar-refractivity contribution in [2.75, 3.05) is 0 Å². The molecule has 0 aliphatic rings. The van der Waals surface area contributed by atoms with Gasteiger partial charge >= 0.3 is 0 Å². The van der Waals surface area contributed by atoms with Crippen molar-refractivity contribution >= 4 is 10.9 Å². The highest BCUT2D eigenvalue weighted by Gasteiger charge is 2.12. The minimum Gasteiger partial charge on any atom is -0.508 e. The van der Waals surface area contributed by atoms with E-state index in [1.165, 1.54) is 12.1 Å². The Labute approximate surface area is 158 Å². The van der Waals surface area contributed by atoms with Crippen LogP contribution >= 0.6 is 0 Å². The average Bonchev–Trinajstić information content (AvgIpc) is 3.36. The van der Waals surface area contributed by atoms with E-state index in [4.69, 9.17) is 0 Å². The largest absolute Gasteiger partial charge is 0.508 e. The summed E-state index contributed by atoms with van der Waals surface area (Å²) < 4.78 is 13.2. The SMILES string of the molecule is Oc1ccc(-c2nnc(-c3ccc4[nH]nc(-c5ccc(F)cc5)c4c3)[nH]2)cc1. The molecule has 0 saturated carbocycles. The molecule has 3 N–H and O–H groups in total. The van der Waals surface area contributed by atoms with Gasteiger partial charge in [0, 0.05) is 22.1 Å². The Bertz CT molecular complexity index is 1270. The Morgan fingerprint density at radius 1 is 0.750 bits per heavy atom. The summed E-state index contributed by atoms with van der Waals surface area (Å²) in [5, 5.41) is 26.2. The van der Waals surface area contributed by atoms with Crippen LogP contribution in [0.25, 0.3) is 44.9 Å². The molecule has 2 heterocycles. The van der Waals surface area contributed by atoms with Crippen molar-refractivity contribution in [1.29, 1.82) is 0 Å². The van der Waals surface area contributed by atoms with E-state index in [1.807, 2.05) is 18.2 Å². The fourth-order valence-electron chi connectivity index (χ4n) is 3.13. The molecule has 0 aliphatic heterocycles. The van der Waals surface area contributed by atoms with Crippen LogP contribution in [0.5, 0.6) is 5.75 Å². The van der Waals surface area contributed by atoms with Crippen LogP contribution in [0.1, 0.15) is 0 Å². The minimum absolute atomic E-state index is 0.197. The van der Waals surface area contributed by atoms with Gasteiger partial charge in [-0.1, -0.05) is 0 Å². The maximum absolute atomic E-state index is 13.2. The predicted octanol–water partition coefficient (Wildman–Crippen LogP) is 4.53. The van der Waals surface area contributed by atoms with E-state index < -0.39 is 0 Å². The van der Waals surface area contributed by atoms with Crippen LogP contribution in [-0.2, 0) is 0 Å². The van der Waals surface area contributed by atoms with Crippen molar-refractivity contribution in [3.05, 3.63) is 72.5 Å². The molecule has 2 aromatic heterocycles. The number of hydrogen-bond donors (Lipinski definition) is 3. The van der Waals surface area contributed by atoms with Gasteiger partial charge in [0.05, 0.1) is 11.2 Å². The van der Waals surface area contributed by atoms with Crippen molar-refractivity contribution in [1.82, 2.24) is 25.4 Å². The zero-order chi connectivity index (χ0) is 19.1. The fraction of sp³-hybridized carbons (Fsp3) is 0. The number of phenols is 1. The average molecular weight is 371 g/mol. The highest BCUT2D eigenvalue weighted by Crippen LogP contribution is 2.30. The third-order valence-electron chi connectivity index (χ3n) is 4.58. The van der Waals surface area contributed by atoms with E-state index in [1.54, 1.807) is 36.4 Å². The molecule has 0 fully saturated rings. The number of benzene rings is 3. The first-order valence-electron chi connectivity index (χ1n) is 8.64. The molecule has 5 aromatic rings. The Morgan fingerprint density at radius 3 is 2.14 bits per heavy atom. The molecule has 0 amide bonds. The molecule has 7 heteroatoms. The normalized spacial score (nSPS) is 11.2. The van der Waals surface area contributed by atoms with Crippen molar-refractivity contribution < 1.29 is 9.50 Å². The number of aromatic nitrogens is 5. The van der Waals surface area contributed by atoms with E-state index in [2.05, 4.69) is 25.4 Å². The summed E-state index contributed by atoms with van der Waals surface area (Å²) in [7, 11) is 0. The van der Waals surface area contributed by atoms with Gasteiger partial charge in [0.2, 0.25) is 0 Å². The van der Waals surface area contributed by atoms with Gasteiger partial charge in [-0.25, -0.2) is 4.39 Å². The molecular formula is C21H14FN5O. The van der Waals surface area contributed by atoms with Gasteiger partial charge in [0.1, 0.15) is 11.6 Å². The van der Waals surface area contributed by atoms with E-state index in [0.717, 1.165) is 33.3 Å². The summed E-state index contributed by atoms with van der Waals surface area (Å²) in [4.78, 5) is 3.20. The molecule has 28 heavy (non-hydrogen) atoms. The van der Waals surface area contributed by atoms with Crippen LogP contribution in [-0.4, -0.2) is 30.5 Å². The molecular weight excluding hydrogens is 357 g/mol. The first-order valence-corrected chi connectivity index (χ1v) is 8.64. The van der Waals surface area contributed by atoms with Gasteiger partial charge in [0.15, 0.2) is 11.6 Å². The summed E-state index contributed by atoms with van der Waals surface area (Å²) in [5.41, 5.74) is 4.13. The molecule has 0 atom stereocenters. The van der Waals surface area contributed by atoms with Crippen LogP contribution in [0.4, 0.5) is 4.39 Å². The molecule has 136 valence electrons. The lowest BCUT2D eigenvalue weighted by Crippen LogP contribution is -1.83. The predicted molar refractivity (Wildman–Crippen MR) is 104 cm³/mol. The summed E-state index contributed by atoms with van der Waals surface area (Å²) in [6, 6.07) is 18.8. The number of fused-ring (bicyclic) bond motifs is 1. The van der Waals surface area contributed by atoms with Crippen LogP contribution < -0.4 is 0 Å². The lowest BCUT2D eigenvalue weighted by molar-refractivity contribution is 0.475. The van der Waals surface area contributed by atoms with Crippen molar-refractivity contribution in [3.8, 4) is 39.8 Å². The number of aromatic hydroxyl groups is 1. The van der Waals surface area contributed by atoms with Crippen molar-refractivity contribution in [2.24, 2.45) is 0 Å². The molecule has 0 spiro atoms. The van der Waals surface area contributed by atoms with Crippen LogP contribution in [0.3, 0.4) is 0 Å². The monoisotopic (exact) mass is 371 g/mol. The van der Waals surface area contributed by atoms with Crippen LogP contribution in [0.15, 0.2) is 66.7 Å². The second-order valence-electron chi connectivity index (χ2n) is 6.41. The van der Waals surface area contributed by atoms with E-state index >= 15 is 0 Å². The van der Waals surface area contributed by atoms with Crippen LogP contribution in [0, 0.1) is 5.82 Å². The van der Waals surface area contributed by atoms with Crippen molar-refractivity contribution in [3.63, 3.8) is 0 Å². The number of nitrogens with zero attached hydrogens (tertiary/aromatic N) is 3. The zero-order valence-corrected chi connectivity index (χ0v) is 14.5. The highest BCUT2D eigenvalue weighted by molar-refractivity contribution is 5.95. The third kappa shape index (κ3) is 2.79. The first kappa shape index (κ1) is 16.2. The Balaban J connectivity index is 1.56. The fourth-order valence-corrected chi connectivity index (χ4v) is 3.13. The van der Waals surface area contributed by atoms with Crippen molar-refractivity contribution in [2.45, 2.75) is 0 Å². The number of hydrogen-bond acceptors (Lipinski definition) is 4. The molecule has 0 saturated heterocycles. The van der Waals surface area contributed by atoms with E-state index in [-0.39, 0.29) is 11.6 Å². The number of rotatable bonds is 3. The number of aromatic amines is 2. The number of nitrogens with one attached hydrogen (secondary N) is 2. The number of H-pyrrole nitrogens is 2. The topological polar surface area (TPSA) is 90.5 Å². The highest BCUT2D eigenvalue weighted by atomic mass is 19.1. The summed E-state index contributed by atoms with van der Waals surface area (Å²) in [6.45, 7) is 0. The number of phenolic OH excluding ortho intramolecular Hbond substituents is 1. The van der Waals surface area contributed by atoms with Gasteiger partial charge in [0.25, 0.3) is 0 Å². The molecule has 0 bridgehead atoms. The second kappa shape index (κ2) is 6.31. The maximum Gasteiger partial charge on any atom is 0.161 e. The maximum atomic E-state index is 13.2. The Morgan fingerprint density at radius 2 is 1.39 bits per heavy atom. The van der Waals surface area contributed by atoms with E-state index in [9.17, 15) is 9.50 Å². The zero-order valence-electron chi connectivity index (χ0n) is 14.5. The Kier molecular flexibility index (Phi) is 3.65. The third-order valence-corrected chi connectivity index (χ3v) is 4.58. The lowest BCUT2D eigenvalue weighted by atomic mass is 10.1. The van der Waals surface area contributed by atoms with Gasteiger partial charge < -0.3 is 10.1 Å². The van der Waals surface area contributed by atoms with Gasteiger partial charge in [-0.15, -0.1) is 10.2 Å². The molecule has 0 unspecified atom stereocenters. The second-order valence-corrected chi connectivity index (χ2v) is 6.41. The molecule has 6 nitrogen and oxygen atoms in total. The lowest BCUT2D eigenvalue weighted by Gasteiger charge is -2.00. The Hall–Kier alpha value is -4.00. The summed E-state index contributed by atoms with van der Waals surface area (Å²) >= 11 is 0. The quantitative estimate of drug-likeness (QED) is 0.435. The molecule has 0 aliphatic carbocycles. The summed E-state index contributed by atoms with van der Waals surface area (Å²) in [6.07, 6.45) is 0.